The quantitative estimate of drug-likeness (QED) is 0.894. The molecule has 96 valence electrons. The molecule has 0 aromatic heterocycles. The van der Waals surface area contributed by atoms with Gasteiger partial charge in [0, 0.05) is 6.04 Å². The number of hydrogen-bond donors (Lipinski definition) is 1. The molecule has 0 unspecified atom stereocenters. The molecule has 0 radical (unpaired) electrons. The Morgan fingerprint density at radius 2 is 1.76 bits per heavy atom. The maximum absolute atomic E-state index is 12.8. The van der Waals surface area contributed by atoms with Crippen LogP contribution in [0.3, 0.4) is 0 Å². The summed E-state index contributed by atoms with van der Waals surface area (Å²) in [6, 6.07) is 4.42. The van der Waals surface area contributed by atoms with Crippen molar-refractivity contribution in [3.05, 3.63) is 23.8 Å². The molecule has 1 aliphatic rings. The van der Waals surface area contributed by atoms with Crippen molar-refractivity contribution in [2.75, 3.05) is 0 Å². The van der Waals surface area contributed by atoms with Gasteiger partial charge < -0.3 is 15.2 Å². The Bertz CT molecular complexity index is 412. The SMILES string of the molecule is CC(C)[C@H](N)c1ccc2c(c1)OC(F)(F)O2.Cl. The summed E-state index contributed by atoms with van der Waals surface area (Å²) in [4.78, 5) is 0. The van der Waals surface area contributed by atoms with E-state index in [1.807, 2.05) is 13.8 Å². The van der Waals surface area contributed by atoms with E-state index < -0.39 is 6.29 Å². The molecule has 1 aromatic carbocycles. The monoisotopic (exact) mass is 265 g/mol. The molecule has 1 aromatic rings. The predicted molar refractivity (Wildman–Crippen MR) is 61.7 cm³/mol. The van der Waals surface area contributed by atoms with Gasteiger partial charge in [0.2, 0.25) is 0 Å². The average molecular weight is 266 g/mol. The minimum atomic E-state index is -3.57. The zero-order valence-electron chi connectivity index (χ0n) is 9.44. The smallest absolute Gasteiger partial charge is 0.395 e. The van der Waals surface area contributed by atoms with Gasteiger partial charge in [-0.05, 0) is 23.6 Å². The van der Waals surface area contributed by atoms with E-state index in [2.05, 4.69) is 9.47 Å². The van der Waals surface area contributed by atoms with Crippen molar-refractivity contribution in [3.63, 3.8) is 0 Å². The Morgan fingerprint density at radius 3 is 2.35 bits per heavy atom. The highest BCUT2D eigenvalue weighted by molar-refractivity contribution is 5.85. The first-order chi connectivity index (χ1) is 7.39. The summed E-state index contributed by atoms with van der Waals surface area (Å²) in [6.45, 7) is 3.92. The Morgan fingerprint density at radius 1 is 1.18 bits per heavy atom. The highest BCUT2D eigenvalue weighted by Crippen LogP contribution is 2.42. The highest BCUT2D eigenvalue weighted by Gasteiger charge is 2.43. The predicted octanol–water partition coefficient (Wildman–Crippen LogP) is 3.09. The molecule has 2 N–H and O–H groups in total. The van der Waals surface area contributed by atoms with Crippen molar-refractivity contribution < 1.29 is 18.3 Å². The van der Waals surface area contributed by atoms with Crippen molar-refractivity contribution in [1.29, 1.82) is 0 Å². The Balaban J connectivity index is 0.00000144. The largest absolute Gasteiger partial charge is 0.586 e. The fourth-order valence-electron chi connectivity index (χ4n) is 1.56. The Kier molecular flexibility index (Phi) is 3.84. The summed E-state index contributed by atoms with van der Waals surface area (Å²) >= 11 is 0. The molecule has 1 heterocycles. The summed E-state index contributed by atoms with van der Waals surface area (Å²) in [6.07, 6.45) is -3.57. The summed E-state index contributed by atoms with van der Waals surface area (Å²) in [7, 11) is 0. The van der Waals surface area contributed by atoms with E-state index in [1.165, 1.54) is 12.1 Å². The van der Waals surface area contributed by atoms with Crippen LogP contribution in [-0.4, -0.2) is 6.29 Å². The summed E-state index contributed by atoms with van der Waals surface area (Å²) in [5, 5.41) is 0. The molecular weight excluding hydrogens is 252 g/mol. The maximum Gasteiger partial charge on any atom is 0.586 e. The van der Waals surface area contributed by atoms with Crippen molar-refractivity contribution in [1.82, 2.24) is 0 Å². The van der Waals surface area contributed by atoms with Gasteiger partial charge in [0.15, 0.2) is 11.5 Å². The van der Waals surface area contributed by atoms with Crippen LogP contribution in [0.5, 0.6) is 11.5 Å². The van der Waals surface area contributed by atoms with Gasteiger partial charge in [-0.1, -0.05) is 19.9 Å². The zero-order valence-corrected chi connectivity index (χ0v) is 10.3. The first-order valence-corrected chi connectivity index (χ1v) is 5.04. The second-order valence-electron chi connectivity index (χ2n) is 4.14. The zero-order chi connectivity index (χ0) is 11.9. The number of halogens is 3. The molecule has 0 amide bonds. The van der Waals surface area contributed by atoms with Crippen LogP contribution in [-0.2, 0) is 0 Å². The lowest BCUT2D eigenvalue weighted by Crippen LogP contribution is -2.26. The summed E-state index contributed by atoms with van der Waals surface area (Å²) in [5.74, 6) is 0.309. The number of hydrogen-bond acceptors (Lipinski definition) is 3. The van der Waals surface area contributed by atoms with Gasteiger partial charge in [-0.15, -0.1) is 21.2 Å². The van der Waals surface area contributed by atoms with Gasteiger partial charge >= 0.3 is 6.29 Å². The molecule has 6 heteroatoms. The average Bonchev–Trinajstić information content (AvgIpc) is 2.48. The molecule has 0 spiro atoms. The molecule has 0 bridgehead atoms. The Hall–Kier alpha value is -1.07. The van der Waals surface area contributed by atoms with Crippen LogP contribution >= 0.6 is 12.4 Å². The molecule has 2 rings (SSSR count). The standard InChI is InChI=1S/C11H13F2NO2.ClH/c1-6(2)10(14)7-3-4-8-9(5-7)16-11(12,13)15-8;/h3-6,10H,14H2,1-2H3;1H/t10-;/m0./s1. The van der Waals surface area contributed by atoms with Crippen molar-refractivity contribution in [3.8, 4) is 11.5 Å². The summed E-state index contributed by atoms with van der Waals surface area (Å²) in [5.41, 5.74) is 6.67. The first-order valence-electron chi connectivity index (χ1n) is 5.04. The van der Waals surface area contributed by atoms with E-state index in [0.29, 0.717) is 0 Å². The van der Waals surface area contributed by atoms with Crippen LogP contribution in [0.4, 0.5) is 8.78 Å². The highest BCUT2D eigenvalue weighted by atomic mass is 35.5. The topological polar surface area (TPSA) is 44.5 Å². The van der Waals surface area contributed by atoms with Crippen LogP contribution < -0.4 is 15.2 Å². The number of benzene rings is 1. The van der Waals surface area contributed by atoms with Gasteiger partial charge in [-0.3, -0.25) is 0 Å². The molecule has 17 heavy (non-hydrogen) atoms. The lowest BCUT2D eigenvalue weighted by atomic mass is 9.97. The minimum Gasteiger partial charge on any atom is -0.395 e. The van der Waals surface area contributed by atoms with Crippen LogP contribution in [0.2, 0.25) is 0 Å². The second-order valence-corrected chi connectivity index (χ2v) is 4.14. The molecule has 0 fully saturated rings. The molecule has 0 saturated heterocycles. The van der Waals surface area contributed by atoms with Gasteiger partial charge in [-0.25, -0.2) is 0 Å². The third kappa shape index (κ3) is 2.79. The lowest BCUT2D eigenvalue weighted by Gasteiger charge is -2.15. The van der Waals surface area contributed by atoms with Gasteiger partial charge in [-0.2, -0.15) is 0 Å². The maximum atomic E-state index is 12.8. The number of ether oxygens (including phenoxy) is 2. The fraction of sp³-hybridized carbons (Fsp3) is 0.455. The first kappa shape index (κ1) is 14.0. The fourth-order valence-corrected chi connectivity index (χ4v) is 1.56. The van der Waals surface area contributed by atoms with Crippen LogP contribution in [0.25, 0.3) is 0 Å². The molecule has 0 aliphatic carbocycles. The molecule has 3 nitrogen and oxygen atoms in total. The number of nitrogens with two attached hydrogens (primary N) is 1. The molecule has 1 atom stereocenters. The number of fused-ring (bicyclic) bond motifs is 1. The van der Waals surface area contributed by atoms with Crippen molar-refractivity contribution in [2.45, 2.75) is 26.2 Å². The van der Waals surface area contributed by atoms with E-state index in [4.69, 9.17) is 5.73 Å². The number of alkyl halides is 2. The minimum absolute atomic E-state index is 0. The van der Waals surface area contributed by atoms with E-state index in [9.17, 15) is 8.78 Å². The van der Waals surface area contributed by atoms with E-state index in [1.54, 1.807) is 6.07 Å². The third-order valence-corrected chi connectivity index (χ3v) is 2.53. The van der Waals surface area contributed by atoms with Crippen LogP contribution in [0.15, 0.2) is 18.2 Å². The normalized spacial score (nSPS) is 17.8. The second kappa shape index (κ2) is 4.66. The van der Waals surface area contributed by atoms with Crippen LogP contribution in [0.1, 0.15) is 25.5 Å². The van der Waals surface area contributed by atoms with Crippen molar-refractivity contribution in [2.24, 2.45) is 11.7 Å². The Labute approximate surface area is 104 Å². The van der Waals surface area contributed by atoms with Crippen LogP contribution in [0, 0.1) is 5.92 Å². The molecular formula is C11H14ClF2NO2. The van der Waals surface area contributed by atoms with Gasteiger partial charge in [0.1, 0.15) is 0 Å². The van der Waals surface area contributed by atoms with E-state index >= 15 is 0 Å². The third-order valence-electron chi connectivity index (χ3n) is 2.53. The molecule has 1 aliphatic heterocycles. The number of rotatable bonds is 2. The van der Waals surface area contributed by atoms with E-state index in [-0.39, 0.29) is 35.9 Å². The van der Waals surface area contributed by atoms with E-state index in [0.717, 1.165) is 5.56 Å². The summed E-state index contributed by atoms with van der Waals surface area (Å²) < 4.78 is 34.2. The molecule has 0 saturated carbocycles. The van der Waals surface area contributed by atoms with Gasteiger partial charge in [0.05, 0.1) is 0 Å². The van der Waals surface area contributed by atoms with Crippen molar-refractivity contribution >= 4 is 12.4 Å². The lowest BCUT2D eigenvalue weighted by molar-refractivity contribution is -0.286. The van der Waals surface area contributed by atoms with Gasteiger partial charge in [0.25, 0.3) is 0 Å².